The van der Waals surface area contributed by atoms with Crippen molar-refractivity contribution in [2.45, 2.75) is 18.9 Å². The van der Waals surface area contributed by atoms with E-state index in [2.05, 4.69) is 4.74 Å². The van der Waals surface area contributed by atoms with E-state index in [9.17, 15) is 9.59 Å². The standard InChI is InChI=1S/C12H11ClO4/c1-12(11(15)16-2)6-7-3-4-8(13)5-9(7)10(14)17-12/h3-5H,6H2,1-2H3/t12-/m1/s1. The molecule has 4 nitrogen and oxygen atoms in total. The van der Waals surface area contributed by atoms with Crippen molar-refractivity contribution in [3.05, 3.63) is 34.3 Å². The minimum absolute atomic E-state index is 0.290. The van der Waals surface area contributed by atoms with Crippen molar-refractivity contribution in [1.82, 2.24) is 0 Å². The second-order valence-electron chi connectivity index (χ2n) is 4.09. The zero-order chi connectivity index (χ0) is 12.6. The van der Waals surface area contributed by atoms with Crippen LogP contribution in [0.2, 0.25) is 5.02 Å². The topological polar surface area (TPSA) is 52.6 Å². The maximum atomic E-state index is 11.8. The van der Waals surface area contributed by atoms with Gasteiger partial charge in [-0.1, -0.05) is 17.7 Å². The fraction of sp³-hybridized carbons (Fsp3) is 0.333. The van der Waals surface area contributed by atoms with Gasteiger partial charge in [0.1, 0.15) is 0 Å². The van der Waals surface area contributed by atoms with Crippen LogP contribution in [0, 0.1) is 0 Å². The molecule has 1 aliphatic rings. The fourth-order valence-electron chi connectivity index (χ4n) is 1.88. The van der Waals surface area contributed by atoms with Crippen LogP contribution in [0.4, 0.5) is 0 Å². The van der Waals surface area contributed by atoms with Gasteiger partial charge in [-0.2, -0.15) is 0 Å². The summed E-state index contributed by atoms with van der Waals surface area (Å²) in [6.45, 7) is 1.54. The van der Waals surface area contributed by atoms with Gasteiger partial charge in [-0.25, -0.2) is 9.59 Å². The molecule has 1 atom stereocenters. The highest BCUT2D eigenvalue weighted by Gasteiger charge is 2.43. The Labute approximate surface area is 103 Å². The fourth-order valence-corrected chi connectivity index (χ4v) is 2.05. The minimum atomic E-state index is -1.26. The second-order valence-corrected chi connectivity index (χ2v) is 4.53. The normalized spacial score (nSPS) is 22.6. The molecule has 0 aromatic heterocycles. The predicted octanol–water partition coefficient (Wildman–Crippen LogP) is 1.98. The lowest BCUT2D eigenvalue weighted by molar-refractivity contribution is -0.161. The summed E-state index contributed by atoms with van der Waals surface area (Å²) in [7, 11) is 1.26. The second kappa shape index (κ2) is 4.04. The van der Waals surface area contributed by atoms with Crippen LogP contribution >= 0.6 is 11.6 Å². The average Bonchev–Trinajstić information content (AvgIpc) is 2.29. The number of carbonyl (C=O) groups excluding carboxylic acids is 2. The summed E-state index contributed by atoms with van der Waals surface area (Å²) in [5, 5.41) is 0.461. The predicted molar refractivity (Wildman–Crippen MR) is 61.0 cm³/mol. The van der Waals surface area contributed by atoms with Gasteiger partial charge in [-0.3, -0.25) is 0 Å². The number of hydrogen-bond donors (Lipinski definition) is 0. The number of fused-ring (bicyclic) bond motifs is 1. The van der Waals surface area contributed by atoms with Crippen molar-refractivity contribution >= 4 is 23.5 Å². The molecule has 0 unspecified atom stereocenters. The van der Waals surface area contributed by atoms with Crippen LogP contribution in [-0.4, -0.2) is 24.6 Å². The molecule has 17 heavy (non-hydrogen) atoms. The van der Waals surface area contributed by atoms with Crippen LogP contribution in [0.1, 0.15) is 22.8 Å². The van der Waals surface area contributed by atoms with Crippen molar-refractivity contribution in [1.29, 1.82) is 0 Å². The van der Waals surface area contributed by atoms with Gasteiger partial charge >= 0.3 is 11.9 Å². The number of esters is 2. The first kappa shape index (κ1) is 11.9. The number of methoxy groups -OCH3 is 1. The molecule has 0 radical (unpaired) electrons. The number of hydrogen-bond acceptors (Lipinski definition) is 4. The Morgan fingerprint density at radius 2 is 2.24 bits per heavy atom. The van der Waals surface area contributed by atoms with Crippen molar-refractivity contribution < 1.29 is 19.1 Å². The molecule has 0 amide bonds. The van der Waals surface area contributed by atoms with Crippen LogP contribution in [-0.2, 0) is 20.7 Å². The zero-order valence-electron chi connectivity index (χ0n) is 9.45. The molecule has 2 rings (SSSR count). The van der Waals surface area contributed by atoms with Gasteiger partial charge < -0.3 is 9.47 Å². The molecule has 1 aliphatic heterocycles. The zero-order valence-corrected chi connectivity index (χ0v) is 10.2. The number of rotatable bonds is 1. The van der Waals surface area contributed by atoms with Crippen LogP contribution in [0.5, 0.6) is 0 Å². The molecule has 0 fully saturated rings. The largest absolute Gasteiger partial charge is 0.466 e. The van der Waals surface area contributed by atoms with E-state index in [1.807, 2.05) is 0 Å². The molecule has 5 heteroatoms. The maximum Gasteiger partial charge on any atom is 0.350 e. The molecule has 0 bridgehead atoms. The monoisotopic (exact) mass is 254 g/mol. The number of benzene rings is 1. The minimum Gasteiger partial charge on any atom is -0.466 e. The molecule has 0 spiro atoms. The van der Waals surface area contributed by atoms with E-state index in [1.165, 1.54) is 20.1 Å². The Kier molecular flexibility index (Phi) is 2.83. The lowest BCUT2D eigenvalue weighted by Crippen LogP contribution is -2.46. The van der Waals surface area contributed by atoms with E-state index in [1.54, 1.807) is 12.1 Å². The van der Waals surface area contributed by atoms with Crippen LogP contribution in [0.3, 0.4) is 0 Å². The third-order valence-corrected chi connectivity index (χ3v) is 2.99. The SMILES string of the molecule is COC(=O)[C@@]1(C)Cc2ccc(Cl)cc2C(=O)O1. The molecule has 0 saturated carbocycles. The van der Waals surface area contributed by atoms with E-state index in [-0.39, 0.29) is 6.42 Å². The Morgan fingerprint density at radius 3 is 2.88 bits per heavy atom. The van der Waals surface area contributed by atoms with E-state index in [4.69, 9.17) is 16.3 Å². The first-order chi connectivity index (χ1) is 7.96. The highest BCUT2D eigenvalue weighted by molar-refractivity contribution is 6.31. The molecule has 1 aromatic carbocycles. The van der Waals surface area contributed by atoms with Gasteiger partial charge in [-0.05, 0) is 24.6 Å². The molecule has 1 heterocycles. The Hall–Kier alpha value is -1.55. The molecular formula is C12H11ClO4. The Balaban J connectivity index is 2.43. The van der Waals surface area contributed by atoms with Gasteiger partial charge in [0.05, 0.1) is 12.7 Å². The van der Waals surface area contributed by atoms with Crippen molar-refractivity contribution in [2.75, 3.05) is 7.11 Å². The molecule has 0 aliphatic carbocycles. The highest BCUT2D eigenvalue weighted by atomic mass is 35.5. The first-order valence-electron chi connectivity index (χ1n) is 5.06. The smallest absolute Gasteiger partial charge is 0.350 e. The number of carbonyl (C=O) groups is 2. The Bertz CT molecular complexity index is 497. The van der Waals surface area contributed by atoms with Gasteiger partial charge in [0.25, 0.3) is 0 Å². The first-order valence-corrected chi connectivity index (χ1v) is 5.44. The Morgan fingerprint density at radius 1 is 1.53 bits per heavy atom. The summed E-state index contributed by atoms with van der Waals surface area (Å²) in [6.07, 6.45) is 0.290. The molecular weight excluding hydrogens is 244 g/mol. The number of halogens is 1. The van der Waals surface area contributed by atoms with E-state index >= 15 is 0 Å². The van der Waals surface area contributed by atoms with Crippen molar-refractivity contribution in [2.24, 2.45) is 0 Å². The third-order valence-electron chi connectivity index (χ3n) is 2.75. The van der Waals surface area contributed by atoms with Crippen molar-refractivity contribution in [3.8, 4) is 0 Å². The van der Waals surface area contributed by atoms with Gasteiger partial charge in [-0.15, -0.1) is 0 Å². The highest BCUT2D eigenvalue weighted by Crippen LogP contribution is 2.30. The third kappa shape index (κ3) is 2.00. The quantitative estimate of drug-likeness (QED) is 0.719. The van der Waals surface area contributed by atoms with Gasteiger partial charge in [0, 0.05) is 11.4 Å². The molecule has 0 saturated heterocycles. The summed E-state index contributed by atoms with van der Waals surface area (Å²) >= 11 is 5.80. The van der Waals surface area contributed by atoms with Crippen LogP contribution in [0.15, 0.2) is 18.2 Å². The summed E-state index contributed by atoms with van der Waals surface area (Å²) in [5.74, 6) is -1.12. The molecule has 0 N–H and O–H groups in total. The summed E-state index contributed by atoms with van der Waals surface area (Å²) in [4.78, 5) is 23.4. The molecule has 1 aromatic rings. The van der Waals surface area contributed by atoms with E-state index < -0.39 is 17.5 Å². The average molecular weight is 255 g/mol. The van der Waals surface area contributed by atoms with Gasteiger partial charge in [0.2, 0.25) is 5.60 Å². The lowest BCUT2D eigenvalue weighted by Gasteiger charge is -2.31. The van der Waals surface area contributed by atoms with Crippen molar-refractivity contribution in [3.63, 3.8) is 0 Å². The summed E-state index contributed by atoms with van der Waals surface area (Å²) < 4.78 is 9.77. The summed E-state index contributed by atoms with van der Waals surface area (Å²) in [5.41, 5.74) is -0.121. The van der Waals surface area contributed by atoms with Gasteiger partial charge in [0.15, 0.2) is 0 Å². The van der Waals surface area contributed by atoms with E-state index in [0.717, 1.165) is 5.56 Å². The van der Waals surface area contributed by atoms with Crippen LogP contribution in [0.25, 0.3) is 0 Å². The maximum absolute atomic E-state index is 11.8. The van der Waals surface area contributed by atoms with Crippen LogP contribution < -0.4 is 0 Å². The number of cyclic esters (lactones) is 1. The molecule has 90 valence electrons. The van der Waals surface area contributed by atoms with E-state index in [0.29, 0.717) is 10.6 Å². The summed E-state index contributed by atoms with van der Waals surface area (Å²) in [6, 6.07) is 4.94. The number of ether oxygens (including phenoxy) is 2. The lowest BCUT2D eigenvalue weighted by atomic mass is 9.90.